The molecule has 9 nitrogen and oxygen atoms in total. The minimum Gasteiger partial charge on any atom is -0.406 e. The molecule has 13 heteroatoms. The summed E-state index contributed by atoms with van der Waals surface area (Å²) in [6.07, 6.45) is 1.17. The number of thioether (sulfide) groups is 1. The van der Waals surface area contributed by atoms with Crippen LogP contribution in [0.2, 0.25) is 0 Å². The third-order valence-electron chi connectivity index (χ3n) is 7.18. The molecule has 3 amide bonds. The fraction of sp³-hybridized carbons (Fsp3) is 0.265. The molecule has 1 aromatic heterocycles. The molecule has 0 radical (unpaired) electrons. The molecular formula is C34H33F3N6O3S. The molecule has 1 aliphatic heterocycles. The third-order valence-corrected chi connectivity index (χ3v) is 8.10. The number of anilines is 1. The Bertz CT molecular complexity index is 1800. The van der Waals surface area contributed by atoms with E-state index in [1.807, 2.05) is 68.5 Å². The normalized spacial score (nSPS) is 15.2. The Hall–Kier alpha value is -4.91. The lowest BCUT2D eigenvalue weighted by atomic mass is 9.99. The topological polar surface area (TPSA) is 102 Å². The van der Waals surface area contributed by atoms with Gasteiger partial charge in [-0.3, -0.25) is 9.69 Å². The van der Waals surface area contributed by atoms with Crippen molar-refractivity contribution in [3.8, 4) is 22.8 Å². The Morgan fingerprint density at radius 1 is 1.09 bits per heavy atom. The molecule has 3 aromatic carbocycles. The van der Waals surface area contributed by atoms with Crippen LogP contribution in [0.5, 0.6) is 5.75 Å². The standard InChI is InChI=1S/C34H33F3N6O3S/c1-21(2)28-17-8-22(3)18-29(28)43-30(44)19-47-33(43)40-32(45)39-23(4)6-5-7-24-9-11-25(12-10-24)31-38-20-42(41-31)26-13-15-27(16-14-26)46-34(35,36)37/h5,7-18,20-21,23H,6,19H2,1-4H3,(H,39,45)/b7-5+,40-33-. The van der Waals surface area contributed by atoms with Crippen LogP contribution in [-0.4, -0.2) is 50.0 Å². The number of halogens is 3. The Balaban J connectivity index is 1.16. The number of hydrogen-bond acceptors (Lipinski definition) is 6. The molecule has 1 saturated heterocycles. The molecule has 1 atom stereocenters. The maximum atomic E-state index is 12.8. The Morgan fingerprint density at radius 2 is 1.81 bits per heavy atom. The number of aliphatic imine (C=N–C) groups is 1. The number of urea groups is 1. The first kappa shape index (κ1) is 33.5. The molecule has 47 heavy (non-hydrogen) atoms. The van der Waals surface area contributed by atoms with Crippen molar-refractivity contribution in [2.24, 2.45) is 4.99 Å². The average Bonchev–Trinajstić information content (AvgIpc) is 3.64. The van der Waals surface area contributed by atoms with E-state index in [9.17, 15) is 22.8 Å². The van der Waals surface area contributed by atoms with E-state index in [2.05, 4.69) is 39.0 Å². The summed E-state index contributed by atoms with van der Waals surface area (Å²) >= 11 is 1.25. The fourth-order valence-corrected chi connectivity index (χ4v) is 5.74. The van der Waals surface area contributed by atoms with Crippen LogP contribution in [0.1, 0.15) is 49.8 Å². The maximum absolute atomic E-state index is 12.8. The summed E-state index contributed by atoms with van der Waals surface area (Å²) in [5.74, 6) is 0.458. The van der Waals surface area contributed by atoms with Gasteiger partial charge in [0.05, 0.1) is 17.1 Å². The maximum Gasteiger partial charge on any atom is 0.573 e. The summed E-state index contributed by atoms with van der Waals surface area (Å²) in [6.45, 7) is 7.98. The first-order valence-electron chi connectivity index (χ1n) is 14.9. The summed E-state index contributed by atoms with van der Waals surface area (Å²) < 4.78 is 42.6. The fourth-order valence-electron chi connectivity index (χ4n) is 4.88. The number of alkyl halides is 3. The number of nitrogens with one attached hydrogen (secondary N) is 1. The molecule has 244 valence electrons. The number of aromatic nitrogens is 3. The number of ether oxygens (including phenoxy) is 1. The van der Waals surface area contributed by atoms with Crippen molar-refractivity contribution < 1.29 is 27.5 Å². The van der Waals surface area contributed by atoms with Crippen molar-refractivity contribution in [2.45, 2.75) is 52.4 Å². The van der Waals surface area contributed by atoms with Crippen LogP contribution < -0.4 is 15.0 Å². The molecule has 1 unspecified atom stereocenters. The summed E-state index contributed by atoms with van der Waals surface area (Å²) in [5.41, 5.74) is 5.03. The average molecular weight is 663 g/mol. The summed E-state index contributed by atoms with van der Waals surface area (Å²) in [4.78, 5) is 35.7. The largest absolute Gasteiger partial charge is 0.573 e. The van der Waals surface area contributed by atoms with E-state index < -0.39 is 12.4 Å². The number of carbonyl (C=O) groups is 2. The van der Waals surface area contributed by atoms with Gasteiger partial charge in [-0.15, -0.1) is 18.3 Å². The zero-order chi connectivity index (χ0) is 33.7. The number of benzene rings is 3. The number of hydrogen-bond donors (Lipinski definition) is 1. The number of rotatable bonds is 9. The molecule has 5 rings (SSSR count). The highest BCUT2D eigenvalue weighted by atomic mass is 32.2. The van der Waals surface area contributed by atoms with Crippen molar-refractivity contribution in [1.82, 2.24) is 20.1 Å². The van der Waals surface area contributed by atoms with E-state index in [4.69, 9.17) is 0 Å². The van der Waals surface area contributed by atoms with Crippen LogP contribution in [0.4, 0.5) is 23.7 Å². The van der Waals surface area contributed by atoms with Gasteiger partial charge < -0.3 is 10.1 Å². The highest BCUT2D eigenvalue weighted by Gasteiger charge is 2.33. The molecule has 1 fully saturated rings. The van der Waals surface area contributed by atoms with Crippen molar-refractivity contribution in [1.29, 1.82) is 0 Å². The third kappa shape index (κ3) is 8.67. The van der Waals surface area contributed by atoms with Crippen LogP contribution in [0.25, 0.3) is 23.2 Å². The molecule has 0 aliphatic carbocycles. The number of carbonyl (C=O) groups excluding carboxylic acids is 2. The van der Waals surface area contributed by atoms with Gasteiger partial charge in [0.2, 0.25) is 5.91 Å². The molecule has 2 heterocycles. The van der Waals surface area contributed by atoms with Gasteiger partial charge in [0.1, 0.15) is 12.1 Å². The number of aryl methyl sites for hydroxylation is 1. The van der Waals surface area contributed by atoms with Crippen molar-refractivity contribution >= 4 is 40.6 Å². The van der Waals surface area contributed by atoms with Gasteiger partial charge in [-0.2, -0.15) is 4.99 Å². The predicted octanol–water partition coefficient (Wildman–Crippen LogP) is 7.90. The van der Waals surface area contributed by atoms with Crippen LogP contribution in [0, 0.1) is 6.92 Å². The van der Waals surface area contributed by atoms with Gasteiger partial charge in [-0.25, -0.2) is 14.5 Å². The Kier molecular flexibility index (Phi) is 10.1. The zero-order valence-corrected chi connectivity index (χ0v) is 27.0. The van der Waals surface area contributed by atoms with Gasteiger partial charge in [0, 0.05) is 11.6 Å². The monoisotopic (exact) mass is 662 g/mol. The molecule has 4 aromatic rings. The van der Waals surface area contributed by atoms with E-state index in [-0.39, 0.29) is 29.4 Å². The minimum atomic E-state index is -4.76. The number of nitrogens with zero attached hydrogens (tertiary/aromatic N) is 5. The van der Waals surface area contributed by atoms with Crippen LogP contribution >= 0.6 is 11.8 Å². The molecular weight excluding hydrogens is 629 g/mol. The Labute approximate surface area is 274 Å². The lowest BCUT2D eigenvalue weighted by Gasteiger charge is -2.22. The smallest absolute Gasteiger partial charge is 0.406 e. The predicted molar refractivity (Wildman–Crippen MR) is 178 cm³/mol. The second kappa shape index (κ2) is 14.2. The van der Waals surface area contributed by atoms with E-state index in [1.165, 1.54) is 47.0 Å². The highest BCUT2D eigenvalue weighted by Crippen LogP contribution is 2.34. The first-order valence-corrected chi connectivity index (χ1v) is 15.8. The van der Waals surface area contributed by atoms with Gasteiger partial charge in [0.15, 0.2) is 11.0 Å². The van der Waals surface area contributed by atoms with E-state index in [1.54, 1.807) is 4.90 Å². The van der Waals surface area contributed by atoms with Crippen LogP contribution in [-0.2, 0) is 4.79 Å². The summed E-state index contributed by atoms with van der Waals surface area (Å²) in [6, 6.07) is 18.2. The lowest BCUT2D eigenvalue weighted by molar-refractivity contribution is -0.274. The number of amidine groups is 1. The van der Waals surface area contributed by atoms with Gasteiger partial charge in [0.25, 0.3) is 0 Å². The molecule has 0 spiro atoms. The SMILES string of the molecule is Cc1ccc(C(C)C)c(N2C(=O)CS/C2=N\C(=O)NC(C)C/C=C/c2ccc(-c3ncn(-c4ccc(OC(F)(F)F)cc4)n3)cc2)c1. The van der Waals surface area contributed by atoms with Crippen molar-refractivity contribution in [2.75, 3.05) is 10.7 Å². The summed E-state index contributed by atoms with van der Waals surface area (Å²) in [5, 5.41) is 7.68. The lowest BCUT2D eigenvalue weighted by Crippen LogP contribution is -2.34. The van der Waals surface area contributed by atoms with Crippen LogP contribution in [0.3, 0.4) is 0 Å². The second-order valence-corrected chi connectivity index (χ2v) is 12.2. The second-order valence-electron chi connectivity index (χ2n) is 11.3. The van der Waals surface area contributed by atoms with Gasteiger partial charge >= 0.3 is 12.4 Å². The zero-order valence-electron chi connectivity index (χ0n) is 26.2. The van der Waals surface area contributed by atoms with Crippen LogP contribution in [0.15, 0.2) is 84.1 Å². The Morgan fingerprint density at radius 3 is 2.49 bits per heavy atom. The number of amides is 3. The molecule has 1 N–H and O–H groups in total. The van der Waals surface area contributed by atoms with E-state index in [0.29, 0.717) is 23.1 Å². The van der Waals surface area contributed by atoms with E-state index in [0.717, 1.165) is 27.9 Å². The van der Waals surface area contributed by atoms with Crippen molar-refractivity contribution in [3.63, 3.8) is 0 Å². The highest BCUT2D eigenvalue weighted by molar-refractivity contribution is 8.15. The van der Waals surface area contributed by atoms with E-state index >= 15 is 0 Å². The molecule has 1 aliphatic rings. The minimum absolute atomic E-state index is 0.103. The van der Waals surface area contributed by atoms with Gasteiger partial charge in [-0.05, 0) is 73.2 Å². The summed E-state index contributed by atoms with van der Waals surface area (Å²) in [7, 11) is 0. The molecule has 0 bridgehead atoms. The van der Waals surface area contributed by atoms with Crippen molar-refractivity contribution in [3.05, 3.63) is 95.8 Å². The molecule has 0 saturated carbocycles. The van der Waals surface area contributed by atoms with Gasteiger partial charge in [-0.1, -0.05) is 74.2 Å². The first-order chi connectivity index (χ1) is 22.4. The quantitative estimate of drug-likeness (QED) is 0.196.